The summed E-state index contributed by atoms with van der Waals surface area (Å²) < 4.78 is 1.85. The van der Waals surface area contributed by atoms with Gasteiger partial charge >= 0.3 is 0 Å². The highest BCUT2D eigenvalue weighted by Gasteiger charge is 2.24. The molecule has 0 aliphatic heterocycles. The van der Waals surface area contributed by atoms with Crippen LogP contribution in [0.2, 0.25) is 5.02 Å². The third kappa shape index (κ3) is 2.50. The predicted molar refractivity (Wildman–Crippen MR) is 79.2 cm³/mol. The van der Waals surface area contributed by atoms with Gasteiger partial charge in [0.25, 0.3) is 0 Å². The van der Waals surface area contributed by atoms with E-state index in [4.69, 9.17) is 17.3 Å². The molecule has 1 heterocycles. The molecule has 2 unspecified atom stereocenters. The van der Waals surface area contributed by atoms with Crippen molar-refractivity contribution in [2.45, 2.75) is 32.7 Å². The van der Waals surface area contributed by atoms with Crippen LogP contribution in [0.25, 0.3) is 11.4 Å². The van der Waals surface area contributed by atoms with Crippen LogP contribution in [-0.4, -0.2) is 20.2 Å². The second kappa shape index (κ2) is 5.40. The van der Waals surface area contributed by atoms with E-state index < -0.39 is 0 Å². The van der Waals surface area contributed by atoms with Gasteiger partial charge in [0.2, 0.25) is 0 Å². The summed E-state index contributed by atoms with van der Waals surface area (Å²) in [6.07, 6.45) is 3.77. The van der Waals surface area contributed by atoms with Crippen molar-refractivity contribution in [2.24, 2.45) is 11.8 Å². The van der Waals surface area contributed by atoms with Crippen molar-refractivity contribution in [3.05, 3.63) is 23.2 Å². The molecule has 1 aliphatic carbocycles. The number of nitrogens with zero attached hydrogens (tertiary/aromatic N) is 4. The molecular weight excluding hydrogens is 274 g/mol. The number of hydrogen-bond donors (Lipinski definition) is 1. The largest absolute Gasteiger partial charge is 0.398 e. The second-order valence-corrected chi connectivity index (χ2v) is 6.06. The summed E-state index contributed by atoms with van der Waals surface area (Å²) in [5.74, 6) is 2.14. The molecular formula is C14H18ClN5. The van der Waals surface area contributed by atoms with E-state index in [9.17, 15) is 0 Å². The van der Waals surface area contributed by atoms with Gasteiger partial charge in [-0.2, -0.15) is 0 Å². The van der Waals surface area contributed by atoms with E-state index in [0.717, 1.165) is 18.0 Å². The Morgan fingerprint density at radius 2 is 2.25 bits per heavy atom. The van der Waals surface area contributed by atoms with Crippen molar-refractivity contribution in [2.75, 3.05) is 5.73 Å². The number of anilines is 1. The molecule has 0 amide bonds. The third-order valence-corrected chi connectivity index (χ3v) is 4.46. The average Bonchev–Trinajstić information content (AvgIpc) is 3.03. The van der Waals surface area contributed by atoms with Gasteiger partial charge in [-0.1, -0.05) is 31.0 Å². The second-order valence-electron chi connectivity index (χ2n) is 5.68. The normalized spacial score (nSPS) is 22.3. The van der Waals surface area contributed by atoms with E-state index in [1.165, 1.54) is 19.3 Å². The lowest BCUT2D eigenvalue weighted by Gasteiger charge is -2.11. The first-order valence-corrected chi connectivity index (χ1v) is 7.33. The number of nitrogens with two attached hydrogens (primary N) is 1. The van der Waals surface area contributed by atoms with Crippen LogP contribution >= 0.6 is 11.6 Å². The van der Waals surface area contributed by atoms with E-state index in [1.54, 1.807) is 6.07 Å². The first kappa shape index (κ1) is 13.4. The predicted octanol–water partition coefficient (Wildman–Crippen LogP) is 3.01. The number of rotatable bonds is 3. The summed E-state index contributed by atoms with van der Waals surface area (Å²) in [5, 5.41) is 12.5. The van der Waals surface area contributed by atoms with Crippen molar-refractivity contribution in [3.8, 4) is 11.4 Å². The first-order chi connectivity index (χ1) is 9.65. The zero-order valence-corrected chi connectivity index (χ0v) is 12.2. The van der Waals surface area contributed by atoms with Crippen LogP contribution in [0.15, 0.2) is 18.2 Å². The molecule has 3 rings (SSSR count). The van der Waals surface area contributed by atoms with Crippen LogP contribution in [0.5, 0.6) is 0 Å². The fourth-order valence-corrected chi connectivity index (χ4v) is 3.19. The van der Waals surface area contributed by atoms with Gasteiger partial charge in [0.1, 0.15) is 0 Å². The zero-order chi connectivity index (χ0) is 14.1. The number of benzene rings is 1. The fraction of sp³-hybridized carbons (Fsp3) is 0.500. The van der Waals surface area contributed by atoms with Gasteiger partial charge < -0.3 is 5.73 Å². The fourth-order valence-electron chi connectivity index (χ4n) is 2.98. The van der Waals surface area contributed by atoms with Crippen LogP contribution in [0.4, 0.5) is 5.69 Å². The molecule has 1 aromatic heterocycles. The maximum absolute atomic E-state index is 6.26. The van der Waals surface area contributed by atoms with E-state index in [1.807, 2.05) is 16.8 Å². The van der Waals surface area contributed by atoms with E-state index in [-0.39, 0.29) is 0 Å². The van der Waals surface area contributed by atoms with E-state index >= 15 is 0 Å². The molecule has 0 spiro atoms. The van der Waals surface area contributed by atoms with Crippen molar-refractivity contribution in [1.82, 2.24) is 20.2 Å². The van der Waals surface area contributed by atoms with E-state index in [0.29, 0.717) is 22.5 Å². The number of halogens is 1. The van der Waals surface area contributed by atoms with Gasteiger partial charge in [0.15, 0.2) is 5.82 Å². The Labute approximate surface area is 123 Å². The Hall–Kier alpha value is -1.62. The number of aromatic nitrogens is 4. The van der Waals surface area contributed by atoms with E-state index in [2.05, 4.69) is 22.4 Å². The molecule has 6 heteroatoms. The zero-order valence-electron chi connectivity index (χ0n) is 11.5. The van der Waals surface area contributed by atoms with Gasteiger partial charge in [-0.25, -0.2) is 4.68 Å². The lowest BCUT2D eigenvalue weighted by molar-refractivity contribution is 0.412. The Morgan fingerprint density at radius 3 is 3.00 bits per heavy atom. The lowest BCUT2D eigenvalue weighted by Crippen LogP contribution is -2.11. The highest BCUT2D eigenvalue weighted by atomic mass is 35.5. The van der Waals surface area contributed by atoms with Crippen molar-refractivity contribution >= 4 is 17.3 Å². The Kier molecular flexibility index (Phi) is 3.61. The quantitative estimate of drug-likeness (QED) is 0.883. The van der Waals surface area contributed by atoms with Crippen molar-refractivity contribution < 1.29 is 0 Å². The molecule has 1 fully saturated rings. The minimum atomic E-state index is 0.517. The molecule has 2 N–H and O–H groups in total. The van der Waals surface area contributed by atoms with Gasteiger partial charge in [0, 0.05) is 12.1 Å². The summed E-state index contributed by atoms with van der Waals surface area (Å²) >= 11 is 6.26. The Morgan fingerprint density at radius 1 is 1.40 bits per heavy atom. The molecule has 5 nitrogen and oxygen atoms in total. The van der Waals surface area contributed by atoms with Crippen LogP contribution in [0.1, 0.15) is 26.2 Å². The van der Waals surface area contributed by atoms with Crippen molar-refractivity contribution in [1.29, 1.82) is 0 Å². The number of tetrazole rings is 1. The summed E-state index contributed by atoms with van der Waals surface area (Å²) in [4.78, 5) is 0. The standard InChI is InChI=1S/C14H18ClN5/c1-9-5-6-10(7-9)8-20-14(17-18-19-20)11-3-2-4-12(16)13(11)15/h2-4,9-10H,5-8,16H2,1H3. The Bertz CT molecular complexity index is 609. The first-order valence-electron chi connectivity index (χ1n) is 6.95. The summed E-state index contributed by atoms with van der Waals surface area (Å²) in [5.41, 5.74) is 7.19. The van der Waals surface area contributed by atoms with Crippen LogP contribution in [-0.2, 0) is 6.54 Å². The molecule has 0 saturated heterocycles. The smallest absolute Gasteiger partial charge is 0.183 e. The molecule has 106 valence electrons. The number of hydrogen-bond acceptors (Lipinski definition) is 4. The molecule has 1 saturated carbocycles. The topological polar surface area (TPSA) is 69.6 Å². The van der Waals surface area contributed by atoms with Gasteiger partial charge in [-0.3, -0.25) is 0 Å². The van der Waals surface area contributed by atoms with Crippen LogP contribution in [0, 0.1) is 11.8 Å². The minimum absolute atomic E-state index is 0.517. The van der Waals surface area contributed by atoms with Crippen LogP contribution in [0.3, 0.4) is 0 Å². The van der Waals surface area contributed by atoms with Crippen molar-refractivity contribution in [3.63, 3.8) is 0 Å². The summed E-state index contributed by atoms with van der Waals surface area (Å²) in [6, 6.07) is 5.55. The number of nitrogen functional groups attached to an aromatic ring is 1. The monoisotopic (exact) mass is 291 g/mol. The molecule has 2 atom stereocenters. The minimum Gasteiger partial charge on any atom is -0.398 e. The molecule has 0 bridgehead atoms. The highest BCUT2D eigenvalue weighted by Crippen LogP contribution is 2.34. The van der Waals surface area contributed by atoms with Gasteiger partial charge in [-0.05, 0) is 47.2 Å². The molecule has 1 aromatic carbocycles. The summed E-state index contributed by atoms with van der Waals surface area (Å²) in [7, 11) is 0. The molecule has 0 radical (unpaired) electrons. The molecule has 2 aromatic rings. The van der Waals surface area contributed by atoms with Gasteiger partial charge in [-0.15, -0.1) is 5.10 Å². The maximum Gasteiger partial charge on any atom is 0.183 e. The average molecular weight is 292 g/mol. The van der Waals surface area contributed by atoms with Crippen LogP contribution < -0.4 is 5.73 Å². The summed E-state index contributed by atoms with van der Waals surface area (Å²) in [6.45, 7) is 3.15. The highest BCUT2D eigenvalue weighted by molar-refractivity contribution is 6.35. The lowest BCUT2D eigenvalue weighted by atomic mass is 10.1. The Balaban J connectivity index is 1.88. The maximum atomic E-state index is 6.26. The SMILES string of the molecule is CC1CCC(Cn2nnnc2-c2cccc(N)c2Cl)C1. The third-order valence-electron chi connectivity index (χ3n) is 4.04. The molecule has 1 aliphatic rings. The molecule has 20 heavy (non-hydrogen) atoms. The van der Waals surface area contributed by atoms with Gasteiger partial charge in [0.05, 0.1) is 10.7 Å².